The molecule has 0 spiro atoms. The number of hydrogen-bond acceptors (Lipinski definition) is 4. The lowest BCUT2D eigenvalue weighted by Crippen LogP contribution is -2.52. The molecule has 1 aromatic carbocycles. The Morgan fingerprint density at radius 3 is 2.36 bits per heavy atom. The van der Waals surface area contributed by atoms with Crippen LogP contribution in [0.3, 0.4) is 0 Å². The molecular weight excluding hydrogens is 320 g/mol. The predicted molar refractivity (Wildman–Crippen MR) is 98.8 cm³/mol. The second-order valence-corrected chi connectivity index (χ2v) is 7.22. The van der Waals surface area contributed by atoms with Crippen molar-refractivity contribution in [1.29, 1.82) is 0 Å². The van der Waals surface area contributed by atoms with E-state index in [1.165, 1.54) is 6.92 Å². The Morgan fingerprint density at radius 2 is 1.80 bits per heavy atom. The van der Waals surface area contributed by atoms with Gasteiger partial charge in [0.15, 0.2) is 0 Å². The molecule has 7 heteroatoms. The Bertz CT molecular complexity index is 632. The largest absolute Gasteiger partial charge is 0.389 e. The third kappa shape index (κ3) is 6.03. The normalized spacial score (nSPS) is 15.8. The minimum atomic E-state index is -0.730. The standard InChI is InChI=1S/C18H28N4O3/c1-13-5-6-15(11-16(13)19-14(2)23)20-17(24)22-9-7-21(8-10-22)12-18(3,4)25/h5-6,11,25H,7-10,12H2,1-4H3,(H,19,23)(H,20,24). The van der Waals surface area contributed by atoms with Crippen molar-refractivity contribution in [2.75, 3.05) is 43.4 Å². The molecule has 25 heavy (non-hydrogen) atoms. The van der Waals surface area contributed by atoms with Crippen molar-refractivity contribution < 1.29 is 14.7 Å². The molecule has 3 N–H and O–H groups in total. The van der Waals surface area contributed by atoms with Crippen LogP contribution in [0.25, 0.3) is 0 Å². The van der Waals surface area contributed by atoms with Gasteiger partial charge >= 0.3 is 6.03 Å². The number of β-amino-alcohol motifs (C(OH)–C–C–N with tert-alkyl or cyclic N) is 1. The number of benzene rings is 1. The number of carbonyl (C=O) groups excluding carboxylic acids is 2. The zero-order valence-corrected chi connectivity index (χ0v) is 15.4. The number of anilines is 2. The second-order valence-electron chi connectivity index (χ2n) is 7.22. The van der Waals surface area contributed by atoms with E-state index in [-0.39, 0.29) is 11.9 Å². The van der Waals surface area contributed by atoms with Gasteiger partial charge in [0.25, 0.3) is 0 Å². The van der Waals surface area contributed by atoms with E-state index in [9.17, 15) is 14.7 Å². The number of amides is 3. The highest BCUT2D eigenvalue weighted by Gasteiger charge is 2.25. The van der Waals surface area contributed by atoms with Gasteiger partial charge < -0.3 is 20.6 Å². The number of nitrogens with zero attached hydrogens (tertiary/aromatic N) is 2. The Hall–Kier alpha value is -2.12. The Labute approximate surface area is 149 Å². The number of hydrogen-bond donors (Lipinski definition) is 3. The van der Waals surface area contributed by atoms with Crippen LogP contribution in [0.1, 0.15) is 26.3 Å². The van der Waals surface area contributed by atoms with Crippen LogP contribution in [-0.2, 0) is 4.79 Å². The minimum absolute atomic E-state index is 0.144. The van der Waals surface area contributed by atoms with E-state index in [2.05, 4.69) is 15.5 Å². The molecule has 0 saturated carbocycles. The average molecular weight is 348 g/mol. The van der Waals surface area contributed by atoms with E-state index in [4.69, 9.17) is 0 Å². The Kier molecular flexibility index (Phi) is 6.02. The van der Waals surface area contributed by atoms with Crippen LogP contribution in [0.2, 0.25) is 0 Å². The monoisotopic (exact) mass is 348 g/mol. The van der Waals surface area contributed by atoms with Gasteiger partial charge in [0.05, 0.1) is 5.60 Å². The summed E-state index contributed by atoms with van der Waals surface area (Å²) < 4.78 is 0. The van der Waals surface area contributed by atoms with Gasteiger partial charge in [-0.25, -0.2) is 4.79 Å². The maximum absolute atomic E-state index is 12.4. The van der Waals surface area contributed by atoms with Gasteiger partial charge in [-0.3, -0.25) is 9.69 Å². The van der Waals surface area contributed by atoms with Crippen molar-refractivity contribution in [3.05, 3.63) is 23.8 Å². The van der Waals surface area contributed by atoms with Crippen molar-refractivity contribution in [3.8, 4) is 0 Å². The van der Waals surface area contributed by atoms with Crippen LogP contribution in [0.4, 0.5) is 16.2 Å². The maximum atomic E-state index is 12.4. The molecule has 1 aromatic rings. The first-order valence-corrected chi connectivity index (χ1v) is 8.53. The highest BCUT2D eigenvalue weighted by Crippen LogP contribution is 2.21. The van der Waals surface area contributed by atoms with E-state index in [0.717, 1.165) is 18.7 Å². The number of nitrogens with one attached hydrogen (secondary N) is 2. The zero-order valence-electron chi connectivity index (χ0n) is 15.4. The van der Waals surface area contributed by atoms with Gasteiger partial charge in [0.2, 0.25) is 5.91 Å². The summed E-state index contributed by atoms with van der Waals surface area (Å²) >= 11 is 0. The second kappa shape index (κ2) is 7.84. The molecule has 0 bridgehead atoms. The molecule has 0 atom stereocenters. The molecule has 3 amide bonds. The van der Waals surface area contributed by atoms with Crippen LogP contribution in [-0.4, -0.2) is 65.2 Å². The molecule has 2 rings (SSSR count). The minimum Gasteiger partial charge on any atom is -0.389 e. The predicted octanol–water partition coefficient (Wildman–Crippen LogP) is 1.87. The van der Waals surface area contributed by atoms with Gasteiger partial charge in [0.1, 0.15) is 0 Å². The van der Waals surface area contributed by atoms with Crippen LogP contribution in [0.15, 0.2) is 18.2 Å². The summed E-state index contributed by atoms with van der Waals surface area (Å²) in [4.78, 5) is 27.6. The first kappa shape index (κ1) is 19.2. The first-order chi connectivity index (χ1) is 11.6. The summed E-state index contributed by atoms with van der Waals surface area (Å²) in [5, 5.41) is 15.5. The third-order valence-electron chi connectivity index (χ3n) is 4.07. The molecule has 1 saturated heterocycles. The highest BCUT2D eigenvalue weighted by molar-refractivity contribution is 5.93. The first-order valence-electron chi connectivity index (χ1n) is 8.53. The van der Waals surface area contributed by atoms with Gasteiger partial charge in [-0.1, -0.05) is 6.07 Å². The fraction of sp³-hybridized carbons (Fsp3) is 0.556. The Morgan fingerprint density at radius 1 is 1.16 bits per heavy atom. The molecule has 1 fully saturated rings. The fourth-order valence-electron chi connectivity index (χ4n) is 2.88. The summed E-state index contributed by atoms with van der Waals surface area (Å²) in [7, 11) is 0. The summed E-state index contributed by atoms with van der Waals surface area (Å²) in [6, 6.07) is 5.30. The lowest BCUT2D eigenvalue weighted by Gasteiger charge is -2.37. The topological polar surface area (TPSA) is 84.9 Å². The van der Waals surface area contributed by atoms with Gasteiger partial charge in [-0.15, -0.1) is 0 Å². The van der Waals surface area contributed by atoms with Crippen molar-refractivity contribution in [2.24, 2.45) is 0 Å². The number of rotatable bonds is 4. The summed E-state index contributed by atoms with van der Waals surface area (Å²) in [5.74, 6) is -0.144. The van der Waals surface area contributed by atoms with Crippen molar-refractivity contribution in [1.82, 2.24) is 9.80 Å². The number of piperazine rings is 1. The van der Waals surface area contributed by atoms with Crippen molar-refractivity contribution in [2.45, 2.75) is 33.3 Å². The summed E-state index contributed by atoms with van der Waals surface area (Å²) in [5.41, 5.74) is 1.55. The number of urea groups is 1. The van der Waals surface area contributed by atoms with Crippen molar-refractivity contribution in [3.63, 3.8) is 0 Å². The molecule has 7 nitrogen and oxygen atoms in total. The van der Waals surface area contributed by atoms with Crippen LogP contribution in [0, 0.1) is 6.92 Å². The molecule has 1 aliphatic rings. The number of carbonyl (C=O) groups is 2. The van der Waals surface area contributed by atoms with Gasteiger partial charge in [0, 0.05) is 51.0 Å². The van der Waals surface area contributed by atoms with Gasteiger partial charge in [-0.2, -0.15) is 0 Å². The number of aliphatic hydroxyl groups is 1. The lowest BCUT2D eigenvalue weighted by molar-refractivity contribution is -0.114. The SMILES string of the molecule is CC(=O)Nc1cc(NC(=O)N2CCN(CC(C)(C)O)CC2)ccc1C. The van der Waals surface area contributed by atoms with Gasteiger partial charge in [-0.05, 0) is 38.5 Å². The van der Waals surface area contributed by atoms with Crippen LogP contribution >= 0.6 is 0 Å². The lowest BCUT2D eigenvalue weighted by atomic mass is 10.1. The summed E-state index contributed by atoms with van der Waals surface area (Å²) in [6.45, 7) is 10.2. The smallest absolute Gasteiger partial charge is 0.321 e. The quantitative estimate of drug-likeness (QED) is 0.775. The van der Waals surface area contributed by atoms with Crippen molar-refractivity contribution >= 4 is 23.3 Å². The Balaban J connectivity index is 1.91. The van der Waals surface area contributed by atoms with E-state index in [1.807, 2.05) is 19.1 Å². The fourth-order valence-corrected chi connectivity index (χ4v) is 2.88. The van der Waals surface area contributed by atoms with E-state index in [0.29, 0.717) is 31.0 Å². The molecule has 138 valence electrons. The van der Waals surface area contributed by atoms with E-state index >= 15 is 0 Å². The molecule has 1 heterocycles. The number of aryl methyl sites for hydroxylation is 1. The maximum Gasteiger partial charge on any atom is 0.321 e. The van der Waals surface area contributed by atoms with E-state index < -0.39 is 5.60 Å². The molecule has 0 aromatic heterocycles. The molecule has 0 radical (unpaired) electrons. The zero-order chi connectivity index (χ0) is 18.6. The highest BCUT2D eigenvalue weighted by atomic mass is 16.3. The molecule has 1 aliphatic heterocycles. The third-order valence-corrected chi connectivity index (χ3v) is 4.07. The van der Waals surface area contributed by atoms with Crippen LogP contribution in [0.5, 0.6) is 0 Å². The summed E-state index contributed by atoms with van der Waals surface area (Å²) in [6.07, 6.45) is 0. The molecule has 0 aliphatic carbocycles. The molecular formula is C18H28N4O3. The van der Waals surface area contributed by atoms with Crippen LogP contribution < -0.4 is 10.6 Å². The van der Waals surface area contributed by atoms with E-state index in [1.54, 1.807) is 24.8 Å². The average Bonchev–Trinajstić information content (AvgIpc) is 2.49. The molecule has 0 unspecified atom stereocenters.